The second-order valence-corrected chi connectivity index (χ2v) is 9.44. The van der Waals surface area contributed by atoms with E-state index in [0.717, 1.165) is 16.8 Å². The summed E-state index contributed by atoms with van der Waals surface area (Å²) in [6.45, 7) is 1.48. The largest absolute Gasteiger partial charge is 0.573 e. The zero-order valence-electron chi connectivity index (χ0n) is 17.1. The summed E-state index contributed by atoms with van der Waals surface area (Å²) in [6, 6.07) is 8.68. The maximum absolute atomic E-state index is 13.2. The Morgan fingerprint density at radius 1 is 1.15 bits per heavy atom. The van der Waals surface area contributed by atoms with E-state index in [4.69, 9.17) is 4.74 Å². The van der Waals surface area contributed by atoms with Gasteiger partial charge >= 0.3 is 12.3 Å². The van der Waals surface area contributed by atoms with E-state index in [9.17, 15) is 31.2 Å². The summed E-state index contributed by atoms with van der Waals surface area (Å²) < 4.78 is 73.3. The first-order valence-corrected chi connectivity index (χ1v) is 11.4. The number of alkyl halides is 3. The fourth-order valence-corrected chi connectivity index (χ4v) is 5.22. The molecule has 1 heterocycles. The summed E-state index contributed by atoms with van der Waals surface area (Å²) in [5.74, 6) is -1.53. The number of benzene rings is 2. The van der Waals surface area contributed by atoms with Crippen LogP contribution in [0.2, 0.25) is 0 Å². The molecule has 0 radical (unpaired) electrons. The normalized spacial score (nSPS) is 14.3. The molecule has 8 nitrogen and oxygen atoms in total. The van der Waals surface area contributed by atoms with Crippen molar-refractivity contribution in [2.24, 2.45) is 0 Å². The van der Waals surface area contributed by atoms with E-state index in [0.29, 0.717) is 12.8 Å². The monoisotopic (exact) mass is 482 g/mol. The minimum atomic E-state index is -4.88. The van der Waals surface area contributed by atoms with Crippen LogP contribution in [0.4, 0.5) is 13.2 Å². The van der Waals surface area contributed by atoms with Gasteiger partial charge in [-0.1, -0.05) is 6.07 Å². The Balaban J connectivity index is 1.97. The zero-order valence-corrected chi connectivity index (χ0v) is 17.9. The highest BCUT2D eigenvalue weighted by Gasteiger charge is 2.39. The average molecular weight is 482 g/mol. The van der Waals surface area contributed by atoms with Gasteiger partial charge in [-0.15, -0.1) is 13.2 Å². The van der Waals surface area contributed by atoms with E-state index in [2.05, 4.69) is 9.84 Å². The van der Waals surface area contributed by atoms with Gasteiger partial charge < -0.3 is 9.47 Å². The molecule has 1 aliphatic carbocycles. The topological polar surface area (TPSA) is 105 Å². The third kappa shape index (κ3) is 4.42. The second kappa shape index (κ2) is 8.18. The van der Waals surface area contributed by atoms with Gasteiger partial charge in [0.15, 0.2) is 9.84 Å². The summed E-state index contributed by atoms with van der Waals surface area (Å²) in [7, 11) is -3.83. The fraction of sp³-hybridized carbons (Fsp3) is 0.286. The molecule has 0 N–H and O–H groups in total. The number of halogens is 3. The van der Waals surface area contributed by atoms with Crippen LogP contribution in [0.25, 0.3) is 16.6 Å². The van der Waals surface area contributed by atoms with E-state index >= 15 is 0 Å². The molecule has 0 atom stereocenters. The van der Waals surface area contributed by atoms with E-state index in [-0.39, 0.29) is 28.1 Å². The number of sulfone groups is 1. The van der Waals surface area contributed by atoms with Crippen molar-refractivity contribution in [2.45, 2.75) is 36.3 Å². The molecule has 174 valence electrons. The number of hydrogen-bond acceptors (Lipinski definition) is 7. The molecule has 4 rings (SSSR count). The number of rotatable bonds is 6. The van der Waals surface area contributed by atoms with Crippen LogP contribution < -0.4 is 10.2 Å². The number of carbonyl (C=O) groups is 1. The van der Waals surface area contributed by atoms with Gasteiger partial charge in [-0.25, -0.2) is 17.9 Å². The van der Waals surface area contributed by atoms with Crippen molar-refractivity contribution in [3.05, 3.63) is 58.4 Å². The number of nitrogens with zero attached hydrogens (tertiary/aromatic N) is 2. The van der Waals surface area contributed by atoms with Gasteiger partial charge in [0.2, 0.25) is 11.1 Å². The Morgan fingerprint density at radius 3 is 2.39 bits per heavy atom. The van der Waals surface area contributed by atoms with Crippen LogP contribution in [0.15, 0.2) is 52.2 Å². The lowest BCUT2D eigenvalue weighted by atomic mass is 10.2. The second-order valence-electron chi connectivity index (χ2n) is 7.25. The van der Waals surface area contributed by atoms with Crippen LogP contribution in [0, 0.1) is 0 Å². The lowest BCUT2D eigenvalue weighted by molar-refractivity contribution is -0.274. The summed E-state index contributed by atoms with van der Waals surface area (Å²) in [4.78, 5) is 25.4. The van der Waals surface area contributed by atoms with E-state index in [1.54, 1.807) is 0 Å². The molecule has 0 unspecified atom stereocenters. The highest BCUT2D eigenvalue weighted by Crippen LogP contribution is 2.36. The van der Waals surface area contributed by atoms with Crippen molar-refractivity contribution < 1.29 is 35.9 Å². The SMILES string of the molecule is CCOC(=O)c1nn(-c2ccc(OC(F)(F)F)cc2)c2cccc(S(=O)(=O)C3CC3)c2c1=O. The smallest absolute Gasteiger partial charge is 0.461 e. The molecular formula is C21H17F3N2O6S. The van der Waals surface area contributed by atoms with E-state index < -0.39 is 44.3 Å². The molecule has 12 heteroatoms. The van der Waals surface area contributed by atoms with Gasteiger partial charge in [-0.3, -0.25) is 4.79 Å². The maximum Gasteiger partial charge on any atom is 0.573 e. The molecule has 0 amide bonds. The number of ether oxygens (including phenoxy) is 2. The minimum absolute atomic E-state index is 0.0521. The number of hydrogen-bond donors (Lipinski definition) is 0. The number of carbonyl (C=O) groups excluding carboxylic acids is 1. The van der Waals surface area contributed by atoms with Crippen LogP contribution >= 0.6 is 0 Å². The fourth-order valence-electron chi connectivity index (χ4n) is 3.36. The lowest BCUT2D eigenvalue weighted by Crippen LogP contribution is -2.26. The first-order valence-electron chi connectivity index (χ1n) is 9.86. The van der Waals surface area contributed by atoms with Crippen molar-refractivity contribution in [3.63, 3.8) is 0 Å². The molecule has 0 saturated heterocycles. The predicted molar refractivity (Wildman–Crippen MR) is 110 cm³/mol. The lowest BCUT2D eigenvalue weighted by Gasteiger charge is -2.15. The number of fused-ring (bicyclic) bond motifs is 1. The van der Waals surface area contributed by atoms with Crippen molar-refractivity contribution in [2.75, 3.05) is 6.61 Å². The molecule has 1 aromatic heterocycles. The van der Waals surface area contributed by atoms with E-state index in [1.165, 1.54) is 37.3 Å². The Bertz CT molecular complexity index is 1390. The Kier molecular flexibility index (Phi) is 5.64. The molecule has 3 aromatic rings. The summed E-state index contributed by atoms with van der Waals surface area (Å²) in [6.07, 6.45) is -3.96. The Labute approximate surface area is 185 Å². The van der Waals surface area contributed by atoms with Crippen molar-refractivity contribution in [3.8, 4) is 11.4 Å². The predicted octanol–water partition coefficient (Wildman–Crippen LogP) is 3.40. The van der Waals surface area contributed by atoms with Crippen LogP contribution in [0.5, 0.6) is 5.75 Å². The van der Waals surface area contributed by atoms with Crippen LogP contribution in [0.3, 0.4) is 0 Å². The zero-order chi connectivity index (χ0) is 24.0. The molecule has 33 heavy (non-hydrogen) atoms. The maximum atomic E-state index is 13.2. The van der Waals surface area contributed by atoms with Gasteiger partial charge in [0.05, 0.1) is 33.3 Å². The van der Waals surface area contributed by atoms with Crippen LogP contribution in [-0.2, 0) is 14.6 Å². The van der Waals surface area contributed by atoms with Crippen molar-refractivity contribution in [1.29, 1.82) is 0 Å². The first kappa shape index (κ1) is 22.8. The van der Waals surface area contributed by atoms with Gasteiger partial charge in [0.25, 0.3) is 0 Å². The Hall–Kier alpha value is -3.41. The molecule has 0 spiro atoms. The van der Waals surface area contributed by atoms with E-state index in [1.807, 2.05) is 0 Å². The molecule has 0 aliphatic heterocycles. The summed E-state index contributed by atoms with van der Waals surface area (Å²) >= 11 is 0. The third-order valence-corrected chi connectivity index (χ3v) is 7.23. The number of aromatic nitrogens is 2. The van der Waals surface area contributed by atoms with Gasteiger partial charge in [0, 0.05) is 0 Å². The third-order valence-electron chi connectivity index (χ3n) is 4.93. The highest BCUT2D eigenvalue weighted by molar-refractivity contribution is 7.92. The van der Waals surface area contributed by atoms with Gasteiger partial charge in [0.1, 0.15) is 5.75 Å². The minimum Gasteiger partial charge on any atom is -0.461 e. The molecule has 1 saturated carbocycles. The summed E-state index contributed by atoms with van der Waals surface area (Å²) in [5, 5.41) is 3.19. The number of esters is 1. The summed E-state index contributed by atoms with van der Waals surface area (Å²) in [5.41, 5.74) is -1.31. The molecular weight excluding hydrogens is 465 g/mol. The first-order chi connectivity index (χ1) is 15.5. The Morgan fingerprint density at radius 2 is 1.82 bits per heavy atom. The molecule has 2 aromatic carbocycles. The highest BCUT2D eigenvalue weighted by atomic mass is 32.2. The standard InChI is InChI=1S/C21H17F3N2O6S/c1-2-31-20(28)18-19(27)17-15(4-3-5-16(17)33(29,30)14-10-11-14)26(25-18)12-6-8-13(9-7-12)32-21(22,23)24/h3-9,14H,2,10-11H2,1H3. The van der Waals surface area contributed by atoms with Crippen molar-refractivity contribution in [1.82, 2.24) is 9.78 Å². The van der Waals surface area contributed by atoms with Crippen LogP contribution in [-0.4, -0.2) is 42.4 Å². The van der Waals surface area contributed by atoms with Crippen LogP contribution in [0.1, 0.15) is 30.3 Å². The van der Waals surface area contributed by atoms with Gasteiger partial charge in [-0.2, -0.15) is 5.10 Å². The average Bonchev–Trinajstić information content (AvgIpc) is 3.59. The van der Waals surface area contributed by atoms with Crippen molar-refractivity contribution >= 4 is 26.7 Å². The molecule has 1 fully saturated rings. The quantitative estimate of drug-likeness (QED) is 0.496. The molecule has 1 aliphatic rings. The molecule has 0 bridgehead atoms. The van der Waals surface area contributed by atoms with Gasteiger partial charge in [-0.05, 0) is 56.2 Å².